The van der Waals surface area contributed by atoms with E-state index < -0.39 is 36.8 Å². The summed E-state index contributed by atoms with van der Waals surface area (Å²) in [6.45, 7) is 0. The predicted molar refractivity (Wildman–Crippen MR) is 38.0 cm³/mol. The maximum Gasteiger partial charge on any atom is 0.511 e. The first-order chi connectivity index (χ1) is 6.71. The molecule has 16 heavy (non-hydrogen) atoms. The van der Waals surface area contributed by atoms with Gasteiger partial charge in [0.05, 0.1) is 0 Å². The molecule has 1 N–H and O–H groups in total. The Hall–Kier alpha value is -0.560. The number of nitrogens with one attached hydrogen (secondary N) is 1. The highest BCUT2D eigenvalue weighted by atomic mass is 32.2. The van der Waals surface area contributed by atoms with E-state index in [1.807, 2.05) is 0 Å². The summed E-state index contributed by atoms with van der Waals surface area (Å²) in [7, 11) is -12.1. The fourth-order valence-electron chi connectivity index (χ4n) is 0.319. The van der Waals surface area contributed by atoms with Crippen molar-refractivity contribution in [1.82, 2.24) is 4.72 Å². The Morgan fingerprint density at radius 3 is 1.44 bits per heavy atom. The number of halogens is 6. The number of hydrogen-bond donors (Lipinski definition) is 1. The lowest BCUT2D eigenvalue weighted by atomic mass is 11.5. The number of alkyl halides is 6. The van der Waals surface area contributed by atoms with Gasteiger partial charge in [-0.15, -0.1) is 0 Å². The third kappa shape index (κ3) is 3.48. The zero-order valence-corrected chi connectivity index (χ0v) is 8.56. The van der Waals surface area contributed by atoms with Crippen molar-refractivity contribution in [2.75, 3.05) is 5.88 Å². The molecule has 0 saturated heterocycles. The van der Waals surface area contributed by atoms with Crippen molar-refractivity contribution in [1.29, 1.82) is 0 Å². The highest BCUT2D eigenvalue weighted by Gasteiger charge is 2.50. The molecule has 0 spiro atoms. The van der Waals surface area contributed by atoms with Crippen LogP contribution in [0.5, 0.6) is 0 Å². The Morgan fingerprint density at radius 1 is 0.812 bits per heavy atom. The number of sulfone groups is 1. The molecule has 0 aliphatic heterocycles. The first-order valence-electron chi connectivity index (χ1n) is 3.06. The molecule has 0 aliphatic rings. The molecule has 0 fully saturated rings. The van der Waals surface area contributed by atoms with E-state index >= 15 is 0 Å². The summed E-state index contributed by atoms with van der Waals surface area (Å²) in [6, 6.07) is 0. The zero-order chi connectivity index (χ0) is 13.4. The van der Waals surface area contributed by atoms with Crippen LogP contribution in [0.15, 0.2) is 0 Å². The van der Waals surface area contributed by atoms with Gasteiger partial charge >= 0.3 is 21.0 Å². The van der Waals surface area contributed by atoms with Crippen LogP contribution in [0.3, 0.4) is 0 Å². The zero-order valence-electron chi connectivity index (χ0n) is 6.92. The molecule has 0 aliphatic carbocycles. The van der Waals surface area contributed by atoms with Crippen molar-refractivity contribution in [2.45, 2.75) is 11.0 Å². The fourth-order valence-corrected chi connectivity index (χ4v) is 1.89. The fraction of sp³-hybridized carbons (Fsp3) is 1.00. The molecule has 0 unspecified atom stereocenters. The number of rotatable bonds is 3. The van der Waals surface area contributed by atoms with Gasteiger partial charge in [-0.25, -0.2) is 16.8 Å². The lowest BCUT2D eigenvalue weighted by molar-refractivity contribution is -0.0465. The van der Waals surface area contributed by atoms with E-state index in [-0.39, 0.29) is 4.72 Å². The van der Waals surface area contributed by atoms with Gasteiger partial charge in [-0.3, -0.25) is 0 Å². The van der Waals surface area contributed by atoms with E-state index in [1.54, 1.807) is 0 Å². The molecule has 0 amide bonds. The molecule has 0 heterocycles. The molecule has 0 bridgehead atoms. The van der Waals surface area contributed by atoms with Crippen LogP contribution < -0.4 is 4.72 Å². The van der Waals surface area contributed by atoms with E-state index in [4.69, 9.17) is 0 Å². The van der Waals surface area contributed by atoms with Crippen molar-refractivity contribution in [2.24, 2.45) is 0 Å². The lowest BCUT2D eigenvalue weighted by Gasteiger charge is -2.11. The Labute approximate surface area is 85.4 Å². The molecule has 0 saturated carbocycles. The third-order valence-corrected chi connectivity index (χ3v) is 3.64. The van der Waals surface area contributed by atoms with Gasteiger partial charge in [0.1, 0.15) is 5.88 Å². The normalized spacial score (nSPS) is 15.1. The summed E-state index contributed by atoms with van der Waals surface area (Å²) in [5.74, 6) is -2.40. The quantitative estimate of drug-likeness (QED) is 0.760. The summed E-state index contributed by atoms with van der Waals surface area (Å²) in [5.41, 5.74) is -11.7. The van der Waals surface area contributed by atoms with Crippen LogP contribution in [0.4, 0.5) is 26.3 Å². The maximum atomic E-state index is 11.6. The van der Waals surface area contributed by atoms with E-state index in [2.05, 4.69) is 0 Å². The van der Waals surface area contributed by atoms with Crippen LogP contribution in [0.1, 0.15) is 0 Å². The SMILES string of the molecule is O=S(=O)(CNS(=O)(=O)C(F)(F)F)C(F)(F)F. The highest BCUT2D eigenvalue weighted by Crippen LogP contribution is 2.25. The van der Waals surface area contributed by atoms with Crippen molar-refractivity contribution in [3.8, 4) is 0 Å². The summed E-state index contributed by atoms with van der Waals surface area (Å²) in [4.78, 5) is 0. The second kappa shape index (κ2) is 4.03. The molecule has 0 radical (unpaired) electrons. The second-order valence-corrected chi connectivity index (χ2v) is 6.04. The van der Waals surface area contributed by atoms with Gasteiger partial charge in [-0.05, 0) is 0 Å². The van der Waals surface area contributed by atoms with E-state index in [9.17, 15) is 43.2 Å². The minimum atomic E-state index is -6.12. The average Bonchev–Trinajstić information content (AvgIpc) is 1.97. The Morgan fingerprint density at radius 2 is 1.19 bits per heavy atom. The molecule has 98 valence electrons. The molecule has 0 atom stereocenters. The smallest absolute Gasteiger partial charge is 0.218 e. The maximum absolute atomic E-state index is 11.6. The van der Waals surface area contributed by atoms with E-state index in [0.29, 0.717) is 0 Å². The van der Waals surface area contributed by atoms with Gasteiger partial charge in [0.25, 0.3) is 9.84 Å². The molecule has 5 nitrogen and oxygen atoms in total. The Kier molecular flexibility index (Phi) is 3.89. The summed E-state index contributed by atoms with van der Waals surface area (Å²) < 4.78 is 111. The summed E-state index contributed by atoms with van der Waals surface area (Å²) in [6.07, 6.45) is 0. The van der Waals surface area contributed by atoms with Crippen LogP contribution in [0.2, 0.25) is 0 Å². The minimum absolute atomic E-state index is 0.285. The van der Waals surface area contributed by atoms with Gasteiger partial charge in [0, 0.05) is 0 Å². The lowest BCUT2D eigenvalue weighted by Crippen LogP contribution is -2.42. The molecular weight excluding hydrogens is 292 g/mol. The molecule has 0 aromatic rings. The summed E-state index contributed by atoms with van der Waals surface area (Å²) in [5, 5.41) is 0. The van der Waals surface area contributed by atoms with Gasteiger partial charge < -0.3 is 0 Å². The minimum Gasteiger partial charge on any atom is -0.218 e. The van der Waals surface area contributed by atoms with Crippen LogP contribution in [0.25, 0.3) is 0 Å². The van der Waals surface area contributed by atoms with Crippen LogP contribution in [-0.4, -0.2) is 33.7 Å². The second-order valence-electron chi connectivity index (χ2n) is 2.30. The van der Waals surface area contributed by atoms with Gasteiger partial charge in [0.15, 0.2) is 0 Å². The molecule has 13 heteroatoms. The van der Waals surface area contributed by atoms with Gasteiger partial charge in [-0.1, -0.05) is 0 Å². The Balaban J connectivity index is 4.88. The topological polar surface area (TPSA) is 80.3 Å². The van der Waals surface area contributed by atoms with Crippen LogP contribution in [0, 0.1) is 0 Å². The number of sulfonamides is 1. The van der Waals surface area contributed by atoms with Crippen molar-refractivity contribution < 1.29 is 43.2 Å². The first-order valence-corrected chi connectivity index (χ1v) is 6.19. The molecular formula is C3H3F6NO4S2. The molecule has 0 rings (SSSR count). The molecule has 0 aromatic carbocycles. The summed E-state index contributed by atoms with van der Waals surface area (Å²) >= 11 is 0. The van der Waals surface area contributed by atoms with Crippen molar-refractivity contribution in [3.05, 3.63) is 0 Å². The van der Waals surface area contributed by atoms with Crippen LogP contribution >= 0.6 is 0 Å². The Bertz CT molecular complexity index is 399. The predicted octanol–water partition coefficient (Wildman–Crippen LogP) is 0.318. The van der Waals surface area contributed by atoms with Crippen molar-refractivity contribution in [3.63, 3.8) is 0 Å². The average molecular weight is 295 g/mol. The third-order valence-electron chi connectivity index (χ3n) is 1.10. The first kappa shape index (κ1) is 15.4. The highest BCUT2D eigenvalue weighted by molar-refractivity contribution is 7.94. The van der Waals surface area contributed by atoms with E-state index in [0.717, 1.165) is 0 Å². The van der Waals surface area contributed by atoms with Crippen LogP contribution in [-0.2, 0) is 19.9 Å². The largest absolute Gasteiger partial charge is 0.511 e. The number of hydrogen-bond acceptors (Lipinski definition) is 4. The van der Waals surface area contributed by atoms with Gasteiger partial charge in [-0.2, -0.15) is 31.1 Å². The monoisotopic (exact) mass is 295 g/mol. The van der Waals surface area contributed by atoms with Crippen molar-refractivity contribution >= 4 is 19.9 Å². The van der Waals surface area contributed by atoms with E-state index in [1.165, 1.54) is 0 Å². The molecule has 0 aromatic heterocycles. The standard InChI is InChI=1S/C3H3F6NO4S2/c4-2(5,6)15(11,12)1-10-16(13,14)3(7,8)9/h10H,1H2. The van der Waals surface area contributed by atoms with Gasteiger partial charge in [0.2, 0.25) is 0 Å².